The molecular formula is C16H15F5O3. The largest absolute Gasteiger partial charge is 0.491 e. The maximum Gasteiger partial charge on any atom is 0.200 e. The zero-order valence-electron chi connectivity index (χ0n) is 12.6. The number of rotatable bonds is 4. The molecule has 2 N–H and O–H groups in total. The van der Waals surface area contributed by atoms with Gasteiger partial charge in [-0.15, -0.1) is 0 Å². The van der Waals surface area contributed by atoms with Crippen LogP contribution in [0.25, 0.3) is 0 Å². The van der Waals surface area contributed by atoms with E-state index >= 15 is 0 Å². The van der Waals surface area contributed by atoms with Crippen LogP contribution in [0.2, 0.25) is 0 Å². The van der Waals surface area contributed by atoms with E-state index in [1.54, 1.807) is 0 Å². The lowest BCUT2D eigenvalue weighted by atomic mass is 10.2. The predicted octanol–water partition coefficient (Wildman–Crippen LogP) is 3.11. The zero-order chi connectivity index (χ0) is 18.3. The minimum atomic E-state index is -2.14. The molecule has 0 heterocycles. The van der Waals surface area contributed by atoms with Gasteiger partial charge in [0.25, 0.3) is 0 Å². The van der Waals surface area contributed by atoms with Gasteiger partial charge in [0, 0.05) is 6.07 Å². The highest BCUT2D eigenvalue weighted by atomic mass is 19.2. The van der Waals surface area contributed by atoms with Crippen molar-refractivity contribution in [2.45, 2.75) is 13.0 Å². The summed E-state index contributed by atoms with van der Waals surface area (Å²) < 4.78 is 65.3. The quantitative estimate of drug-likeness (QED) is 0.506. The molecule has 3 nitrogen and oxygen atoms in total. The van der Waals surface area contributed by atoms with E-state index < -0.39 is 35.2 Å². The van der Waals surface area contributed by atoms with Gasteiger partial charge >= 0.3 is 0 Å². The molecule has 2 rings (SSSR count). The van der Waals surface area contributed by atoms with E-state index in [1.807, 2.05) is 31.2 Å². The molecule has 0 bridgehead atoms. The molecule has 0 fully saturated rings. The van der Waals surface area contributed by atoms with E-state index in [4.69, 9.17) is 14.9 Å². The molecule has 0 unspecified atom stereocenters. The highest BCUT2D eigenvalue weighted by Gasteiger charge is 2.18. The number of aliphatic hydroxyl groups is 2. The Morgan fingerprint density at radius 1 is 0.958 bits per heavy atom. The average molecular weight is 350 g/mol. The fraction of sp³-hybridized carbons (Fsp3) is 0.250. The second kappa shape index (κ2) is 9.19. The molecule has 2 aromatic rings. The molecule has 24 heavy (non-hydrogen) atoms. The van der Waals surface area contributed by atoms with Crippen LogP contribution in [0, 0.1) is 36.0 Å². The van der Waals surface area contributed by atoms with Crippen molar-refractivity contribution in [1.29, 1.82) is 0 Å². The van der Waals surface area contributed by atoms with Gasteiger partial charge in [0.05, 0.1) is 6.61 Å². The van der Waals surface area contributed by atoms with Gasteiger partial charge in [-0.1, -0.05) is 18.2 Å². The first-order valence-corrected chi connectivity index (χ1v) is 6.73. The van der Waals surface area contributed by atoms with Gasteiger partial charge in [-0.25, -0.2) is 22.0 Å². The number of aryl methyl sites for hydroxylation is 1. The maximum atomic E-state index is 12.0. The minimum absolute atomic E-state index is 0.0618. The Morgan fingerprint density at radius 2 is 1.50 bits per heavy atom. The van der Waals surface area contributed by atoms with E-state index in [0.29, 0.717) is 0 Å². The van der Waals surface area contributed by atoms with Crippen LogP contribution in [0.15, 0.2) is 30.3 Å². The van der Waals surface area contributed by atoms with E-state index in [0.717, 1.165) is 11.3 Å². The molecule has 0 radical (unpaired) electrons. The van der Waals surface area contributed by atoms with Gasteiger partial charge in [0.1, 0.15) is 18.5 Å². The molecule has 2 aromatic carbocycles. The van der Waals surface area contributed by atoms with Gasteiger partial charge in [0.2, 0.25) is 5.82 Å². The van der Waals surface area contributed by atoms with E-state index in [-0.39, 0.29) is 19.3 Å². The molecule has 0 aromatic heterocycles. The Balaban J connectivity index is 0.000000243. The molecule has 0 saturated carbocycles. The number of aliphatic hydroxyl groups excluding tert-OH is 2. The second-order valence-corrected chi connectivity index (χ2v) is 4.70. The number of para-hydroxylation sites is 1. The number of benzene rings is 2. The van der Waals surface area contributed by atoms with Crippen LogP contribution < -0.4 is 4.74 Å². The Morgan fingerprint density at radius 3 is 2.00 bits per heavy atom. The van der Waals surface area contributed by atoms with Crippen LogP contribution in [0.3, 0.4) is 0 Å². The van der Waals surface area contributed by atoms with Crippen LogP contribution in [0.5, 0.6) is 5.75 Å². The lowest BCUT2D eigenvalue weighted by molar-refractivity contribution is 0.0534. The molecule has 0 amide bonds. The first-order valence-electron chi connectivity index (χ1n) is 6.73. The highest BCUT2D eigenvalue weighted by molar-refractivity contribution is 5.31. The van der Waals surface area contributed by atoms with Gasteiger partial charge in [-0.2, -0.15) is 0 Å². The molecular weight excluding hydrogens is 335 g/mol. The maximum absolute atomic E-state index is 12.0. The predicted molar refractivity (Wildman–Crippen MR) is 76.0 cm³/mol. The third-order valence-electron chi connectivity index (χ3n) is 2.79. The van der Waals surface area contributed by atoms with Crippen molar-refractivity contribution in [3.8, 4) is 5.75 Å². The molecule has 0 spiro atoms. The Kier molecular flexibility index (Phi) is 7.60. The first kappa shape index (κ1) is 19.9. The van der Waals surface area contributed by atoms with Crippen molar-refractivity contribution in [1.82, 2.24) is 0 Å². The summed E-state index contributed by atoms with van der Waals surface area (Å²) >= 11 is 0. The molecule has 132 valence electrons. The number of halogens is 5. The van der Waals surface area contributed by atoms with Crippen molar-refractivity contribution < 1.29 is 36.9 Å². The molecule has 0 aliphatic heterocycles. The lowest BCUT2D eigenvalue weighted by Gasteiger charge is -2.11. The van der Waals surface area contributed by atoms with Gasteiger partial charge in [-0.05, 0) is 18.6 Å². The van der Waals surface area contributed by atoms with Crippen LogP contribution in [0.4, 0.5) is 22.0 Å². The van der Waals surface area contributed by atoms with Gasteiger partial charge in [0.15, 0.2) is 23.3 Å². The monoisotopic (exact) mass is 350 g/mol. The molecule has 1 atom stereocenters. The second-order valence-electron chi connectivity index (χ2n) is 4.70. The smallest absolute Gasteiger partial charge is 0.200 e. The van der Waals surface area contributed by atoms with E-state index in [9.17, 15) is 22.0 Å². The summed E-state index contributed by atoms with van der Waals surface area (Å²) in [6.07, 6.45) is -0.806. The topological polar surface area (TPSA) is 49.7 Å². The summed E-state index contributed by atoms with van der Waals surface area (Å²) in [6, 6.07) is 7.49. The third-order valence-corrected chi connectivity index (χ3v) is 2.79. The SMILES string of the molecule is Cc1ccccc1OC[C@@H](O)CO.Fc1cc(F)c(F)c(F)c1F. The van der Waals surface area contributed by atoms with Gasteiger partial charge in [-0.3, -0.25) is 0 Å². The van der Waals surface area contributed by atoms with Gasteiger partial charge < -0.3 is 14.9 Å². The van der Waals surface area contributed by atoms with E-state index in [2.05, 4.69) is 0 Å². The number of hydrogen-bond acceptors (Lipinski definition) is 3. The Hall–Kier alpha value is -2.19. The van der Waals surface area contributed by atoms with Crippen LogP contribution in [0.1, 0.15) is 5.56 Å². The lowest BCUT2D eigenvalue weighted by Crippen LogP contribution is -2.21. The number of hydrogen-bond donors (Lipinski definition) is 2. The number of ether oxygens (including phenoxy) is 1. The fourth-order valence-corrected chi connectivity index (χ4v) is 1.50. The standard InChI is InChI=1S/C10H14O3.C6HF5/c1-8-4-2-3-5-10(8)13-7-9(12)6-11;7-2-1-3(8)5(10)6(11)4(2)9/h2-5,9,11-12H,6-7H2,1H3;1H/t9-;/m0./s1. The normalized spacial score (nSPS) is 11.5. The van der Waals surface area contributed by atoms with Crippen LogP contribution in [-0.4, -0.2) is 29.5 Å². The summed E-state index contributed by atoms with van der Waals surface area (Å²) in [6.45, 7) is 1.79. The summed E-state index contributed by atoms with van der Waals surface area (Å²) in [4.78, 5) is 0. The molecule has 8 heteroatoms. The summed E-state index contributed by atoms with van der Waals surface area (Å²) in [5.41, 5.74) is 1.02. The molecule has 0 saturated heterocycles. The van der Waals surface area contributed by atoms with Crippen molar-refractivity contribution in [3.05, 3.63) is 65.0 Å². The molecule has 0 aliphatic rings. The summed E-state index contributed by atoms with van der Waals surface area (Å²) in [5.74, 6) is -8.91. The van der Waals surface area contributed by atoms with Crippen LogP contribution in [-0.2, 0) is 0 Å². The summed E-state index contributed by atoms with van der Waals surface area (Å²) in [5, 5.41) is 17.6. The van der Waals surface area contributed by atoms with Crippen molar-refractivity contribution in [3.63, 3.8) is 0 Å². The average Bonchev–Trinajstić information content (AvgIpc) is 2.57. The first-order chi connectivity index (χ1) is 11.3. The minimum Gasteiger partial charge on any atom is -0.491 e. The fourth-order valence-electron chi connectivity index (χ4n) is 1.50. The molecule has 0 aliphatic carbocycles. The highest BCUT2D eigenvalue weighted by Crippen LogP contribution is 2.17. The summed E-state index contributed by atoms with van der Waals surface area (Å²) in [7, 11) is 0. The van der Waals surface area contributed by atoms with Crippen molar-refractivity contribution in [2.24, 2.45) is 0 Å². The van der Waals surface area contributed by atoms with Crippen molar-refractivity contribution in [2.75, 3.05) is 13.2 Å². The third kappa shape index (κ3) is 5.47. The van der Waals surface area contributed by atoms with Crippen molar-refractivity contribution >= 4 is 0 Å². The zero-order valence-corrected chi connectivity index (χ0v) is 12.6. The Labute approximate surface area is 134 Å². The van der Waals surface area contributed by atoms with Crippen LogP contribution >= 0.6 is 0 Å². The Bertz CT molecular complexity index is 653. The van der Waals surface area contributed by atoms with E-state index in [1.165, 1.54) is 0 Å².